The Hall–Kier alpha value is -1.69. The molecule has 0 amide bonds. The van der Waals surface area contributed by atoms with Gasteiger partial charge in [0, 0.05) is 26.1 Å². The van der Waals surface area contributed by atoms with Crippen molar-refractivity contribution in [3.05, 3.63) is 29.7 Å². The molecule has 6 heteroatoms. The molecule has 0 aromatic carbocycles. The van der Waals surface area contributed by atoms with Crippen LogP contribution in [0.2, 0.25) is 0 Å². The summed E-state index contributed by atoms with van der Waals surface area (Å²) in [6, 6.07) is 2.10. The number of rotatable bonds is 6. The second kappa shape index (κ2) is 5.58. The molecule has 6 nitrogen and oxygen atoms in total. The topological polar surface area (TPSA) is 68.8 Å². The lowest BCUT2D eigenvalue weighted by Crippen LogP contribution is -2.19. The molecule has 0 spiro atoms. The monoisotopic (exact) mass is 235 g/mol. The van der Waals surface area contributed by atoms with E-state index in [2.05, 4.69) is 33.5 Å². The van der Waals surface area contributed by atoms with Crippen LogP contribution in [0.15, 0.2) is 16.9 Å². The highest BCUT2D eigenvalue weighted by molar-refractivity contribution is 5.08. The fourth-order valence-corrected chi connectivity index (χ4v) is 1.73. The molecule has 0 saturated heterocycles. The average Bonchev–Trinajstić information content (AvgIpc) is 2.93. The standard InChI is InChI=1S/C11H17N5O/c1-3-16-10(6-9(2)15-16)7-12-5-4-11-13-8-14-17-11/h6,8,12H,3-5,7H2,1-2H3. The Balaban J connectivity index is 1.77. The molecule has 0 fully saturated rings. The first-order valence-corrected chi connectivity index (χ1v) is 5.79. The van der Waals surface area contributed by atoms with Crippen LogP contribution in [-0.4, -0.2) is 26.5 Å². The van der Waals surface area contributed by atoms with Gasteiger partial charge in [-0.2, -0.15) is 10.1 Å². The lowest BCUT2D eigenvalue weighted by Gasteiger charge is -2.05. The molecular weight excluding hydrogens is 218 g/mol. The normalized spacial score (nSPS) is 10.9. The van der Waals surface area contributed by atoms with Gasteiger partial charge in [-0.05, 0) is 19.9 Å². The summed E-state index contributed by atoms with van der Waals surface area (Å²) < 4.78 is 6.93. The molecule has 2 aromatic rings. The Labute approximate surface area is 100 Å². The molecule has 2 heterocycles. The molecule has 0 aliphatic heterocycles. The van der Waals surface area contributed by atoms with Gasteiger partial charge < -0.3 is 9.84 Å². The molecule has 0 unspecified atom stereocenters. The van der Waals surface area contributed by atoms with Gasteiger partial charge in [-0.25, -0.2) is 0 Å². The van der Waals surface area contributed by atoms with E-state index >= 15 is 0 Å². The van der Waals surface area contributed by atoms with E-state index in [1.165, 1.54) is 12.0 Å². The zero-order valence-corrected chi connectivity index (χ0v) is 10.2. The second-order valence-electron chi connectivity index (χ2n) is 3.85. The molecule has 0 radical (unpaired) electrons. The van der Waals surface area contributed by atoms with E-state index in [4.69, 9.17) is 4.52 Å². The maximum atomic E-state index is 4.92. The third-order valence-corrected chi connectivity index (χ3v) is 2.51. The summed E-state index contributed by atoms with van der Waals surface area (Å²) in [5.41, 5.74) is 2.26. The Morgan fingerprint density at radius 3 is 3.06 bits per heavy atom. The lowest BCUT2D eigenvalue weighted by molar-refractivity contribution is 0.374. The molecule has 0 atom stereocenters. The summed E-state index contributed by atoms with van der Waals surface area (Å²) in [6.45, 7) is 6.62. The van der Waals surface area contributed by atoms with E-state index in [0.29, 0.717) is 5.89 Å². The summed E-state index contributed by atoms with van der Waals surface area (Å²) in [5.74, 6) is 0.665. The minimum absolute atomic E-state index is 0.665. The van der Waals surface area contributed by atoms with Gasteiger partial charge in [-0.15, -0.1) is 0 Å². The first-order valence-electron chi connectivity index (χ1n) is 5.79. The first kappa shape index (κ1) is 11.8. The van der Waals surface area contributed by atoms with Gasteiger partial charge in [-0.3, -0.25) is 4.68 Å². The van der Waals surface area contributed by atoms with Crippen molar-refractivity contribution in [1.82, 2.24) is 25.2 Å². The molecule has 2 rings (SSSR count). The minimum Gasteiger partial charge on any atom is -0.340 e. The summed E-state index contributed by atoms with van der Waals surface area (Å²) in [4.78, 5) is 3.96. The van der Waals surface area contributed by atoms with Gasteiger partial charge in [-0.1, -0.05) is 5.16 Å². The van der Waals surface area contributed by atoms with Crippen LogP contribution in [-0.2, 0) is 19.5 Å². The fourth-order valence-electron chi connectivity index (χ4n) is 1.73. The van der Waals surface area contributed by atoms with E-state index < -0.39 is 0 Å². The quantitative estimate of drug-likeness (QED) is 0.754. The molecule has 0 bridgehead atoms. The predicted octanol–water partition coefficient (Wildman–Crippen LogP) is 0.927. The van der Waals surface area contributed by atoms with Crippen molar-refractivity contribution in [2.45, 2.75) is 33.4 Å². The summed E-state index contributed by atoms with van der Waals surface area (Å²) >= 11 is 0. The number of nitrogens with zero attached hydrogens (tertiary/aromatic N) is 4. The van der Waals surface area contributed by atoms with Crippen LogP contribution in [0.1, 0.15) is 24.2 Å². The van der Waals surface area contributed by atoms with Crippen molar-refractivity contribution in [3.8, 4) is 0 Å². The zero-order chi connectivity index (χ0) is 12.1. The number of hydrogen-bond acceptors (Lipinski definition) is 5. The van der Waals surface area contributed by atoms with Gasteiger partial charge in [0.15, 0.2) is 6.33 Å². The third-order valence-electron chi connectivity index (χ3n) is 2.51. The van der Waals surface area contributed by atoms with E-state index in [-0.39, 0.29) is 0 Å². The third kappa shape index (κ3) is 3.13. The van der Waals surface area contributed by atoms with Crippen molar-refractivity contribution >= 4 is 0 Å². The van der Waals surface area contributed by atoms with Gasteiger partial charge in [0.2, 0.25) is 5.89 Å². The van der Waals surface area contributed by atoms with Crippen molar-refractivity contribution < 1.29 is 4.52 Å². The van der Waals surface area contributed by atoms with Crippen LogP contribution in [0, 0.1) is 6.92 Å². The number of hydrogen-bond donors (Lipinski definition) is 1. The van der Waals surface area contributed by atoms with E-state index in [0.717, 1.165) is 31.7 Å². The van der Waals surface area contributed by atoms with Crippen LogP contribution >= 0.6 is 0 Å². The van der Waals surface area contributed by atoms with Crippen LogP contribution in [0.5, 0.6) is 0 Å². The maximum absolute atomic E-state index is 4.92. The Morgan fingerprint density at radius 2 is 2.35 bits per heavy atom. The van der Waals surface area contributed by atoms with E-state index in [1.807, 2.05) is 11.6 Å². The molecule has 1 N–H and O–H groups in total. The SMILES string of the molecule is CCn1nc(C)cc1CNCCc1ncno1. The molecular formula is C11H17N5O. The first-order chi connectivity index (χ1) is 8.29. The molecule has 17 heavy (non-hydrogen) atoms. The highest BCUT2D eigenvalue weighted by Crippen LogP contribution is 2.03. The predicted molar refractivity (Wildman–Crippen MR) is 62.3 cm³/mol. The van der Waals surface area contributed by atoms with Gasteiger partial charge in [0.1, 0.15) is 0 Å². The number of aromatic nitrogens is 4. The highest BCUT2D eigenvalue weighted by atomic mass is 16.5. The molecule has 92 valence electrons. The second-order valence-corrected chi connectivity index (χ2v) is 3.85. The fraction of sp³-hybridized carbons (Fsp3) is 0.545. The molecule has 0 aliphatic carbocycles. The van der Waals surface area contributed by atoms with Crippen LogP contribution in [0.25, 0.3) is 0 Å². The number of nitrogens with one attached hydrogen (secondary N) is 1. The van der Waals surface area contributed by atoms with Crippen molar-refractivity contribution in [3.63, 3.8) is 0 Å². The largest absolute Gasteiger partial charge is 0.340 e. The van der Waals surface area contributed by atoms with Crippen LogP contribution in [0.4, 0.5) is 0 Å². The van der Waals surface area contributed by atoms with Gasteiger partial charge in [0.05, 0.1) is 11.4 Å². The molecule has 0 saturated carbocycles. The van der Waals surface area contributed by atoms with Crippen LogP contribution in [0.3, 0.4) is 0 Å². The number of aryl methyl sites for hydroxylation is 2. The smallest absolute Gasteiger partial charge is 0.227 e. The summed E-state index contributed by atoms with van der Waals surface area (Å²) in [6.07, 6.45) is 2.17. The van der Waals surface area contributed by atoms with Crippen molar-refractivity contribution in [2.24, 2.45) is 0 Å². The summed E-state index contributed by atoms with van der Waals surface area (Å²) in [5, 5.41) is 11.3. The maximum Gasteiger partial charge on any atom is 0.227 e. The van der Waals surface area contributed by atoms with Crippen molar-refractivity contribution in [2.75, 3.05) is 6.54 Å². The Morgan fingerprint density at radius 1 is 1.47 bits per heavy atom. The lowest BCUT2D eigenvalue weighted by atomic mass is 10.3. The Bertz CT molecular complexity index is 448. The Kier molecular flexibility index (Phi) is 3.87. The van der Waals surface area contributed by atoms with Gasteiger partial charge >= 0.3 is 0 Å². The van der Waals surface area contributed by atoms with Crippen molar-refractivity contribution in [1.29, 1.82) is 0 Å². The molecule has 2 aromatic heterocycles. The molecule has 0 aliphatic rings. The zero-order valence-electron chi connectivity index (χ0n) is 10.2. The summed E-state index contributed by atoms with van der Waals surface area (Å²) in [7, 11) is 0. The van der Waals surface area contributed by atoms with Crippen LogP contribution < -0.4 is 5.32 Å². The minimum atomic E-state index is 0.665. The highest BCUT2D eigenvalue weighted by Gasteiger charge is 2.03. The van der Waals surface area contributed by atoms with E-state index in [1.54, 1.807) is 0 Å². The van der Waals surface area contributed by atoms with E-state index in [9.17, 15) is 0 Å². The van der Waals surface area contributed by atoms with Gasteiger partial charge in [0.25, 0.3) is 0 Å². The average molecular weight is 235 g/mol.